The molecule has 1 fully saturated rings. The van der Waals surface area contributed by atoms with Crippen LogP contribution in [0.4, 0.5) is 0 Å². The van der Waals surface area contributed by atoms with Crippen LogP contribution in [0.2, 0.25) is 18.1 Å². The number of aliphatic carboxylic acids is 1. The second-order valence-corrected chi connectivity index (χ2v) is 21.0. The van der Waals surface area contributed by atoms with Gasteiger partial charge in [-0.15, -0.1) is 0 Å². The Balaban J connectivity index is 2.71. The first-order valence-electron chi connectivity index (χ1n) is 14.8. The number of nitrogens with one attached hydrogen (secondary N) is 1. The van der Waals surface area contributed by atoms with Crippen LogP contribution < -0.4 is 5.32 Å². The fraction of sp³-hybridized carbons (Fsp3) is 0.828. The number of likely N-dealkylation sites (tertiary alicyclic amines) is 1. The number of β-amino-alcohol motifs (C(OH)–C–C–N with tert-alkyl or cyclic N) is 1. The highest BCUT2D eigenvalue weighted by molar-refractivity contribution is 7.86. The maximum absolute atomic E-state index is 13.1. The van der Waals surface area contributed by atoms with Gasteiger partial charge in [0, 0.05) is 18.8 Å². The van der Waals surface area contributed by atoms with E-state index in [0.717, 1.165) is 6.08 Å². The van der Waals surface area contributed by atoms with Gasteiger partial charge in [-0.2, -0.15) is 8.42 Å². The number of nitrogens with zero attached hydrogens (tertiary/aromatic N) is 1. The van der Waals surface area contributed by atoms with Crippen molar-refractivity contribution < 1.29 is 51.1 Å². The number of rotatable bonds is 18. The number of hydrogen-bond acceptors (Lipinski definition) is 10. The first-order chi connectivity index (χ1) is 19.8. The molecular formula is C29H54N2O11SSi. The molecule has 1 aliphatic heterocycles. The lowest BCUT2D eigenvalue weighted by Crippen LogP contribution is -2.46. The van der Waals surface area contributed by atoms with Gasteiger partial charge < -0.3 is 34.3 Å². The summed E-state index contributed by atoms with van der Waals surface area (Å²) in [4.78, 5) is 37.2. The summed E-state index contributed by atoms with van der Waals surface area (Å²) in [7, 11) is -5.81. The van der Waals surface area contributed by atoms with Gasteiger partial charge in [-0.3, -0.25) is 13.8 Å². The Morgan fingerprint density at radius 3 is 2.25 bits per heavy atom. The van der Waals surface area contributed by atoms with E-state index in [2.05, 4.69) is 39.2 Å². The van der Waals surface area contributed by atoms with Crippen LogP contribution in [-0.2, 0) is 42.6 Å². The Hall–Kier alpha value is -1.88. The fourth-order valence-electron chi connectivity index (χ4n) is 3.94. The van der Waals surface area contributed by atoms with Crippen molar-refractivity contribution in [2.45, 2.75) is 110 Å². The number of aliphatic hydroxyl groups excluding tert-OH is 1. The average Bonchev–Trinajstić information content (AvgIpc) is 3.11. The lowest BCUT2D eigenvalue weighted by Gasteiger charge is -2.37. The minimum absolute atomic E-state index is 0.00946. The molecule has 0 aromatic rings. The maximum atomic E-state index is 13.1. The summed E-state index contributed by atoms with van der Waals surface area (Å²) in [5.74, 6) is -2.99. The minimum Gasteiger partial charge on any atom is -0.478 e. The van der Waals surface area contributed by atoms with Gasteiger partial charge in [0.1, 0.15) is 6.04 Å². The highest BCUT2D eigenvalue weighted by Crippen LogP contribution is 2.37. The molecule has 1 saturated heterocycles. The van der Waals surface area contributed by atoms with Crippen molar-refractivity contribution in [3.63, 3.8) is 0 Å². The van der Waals surface area contributed by atoms with Crippen LogP contribution in [0.1, 0.15) is 68.2 Å². The number of carbonyl (C=O) groups excluding carboxylic acids is 2. The van der Waals surface area contributed by atoms with Crippen LogP contribution in [0.5, 0.6) is 0 Å². The van der Waals surface area contributed by atoms with E-state index in [1.165, 1.54) is 4.90 Å². The summed E-state index contributed by atoms with van der Waals surface area (Å²) in [5, 5.41) is 21.7. The SMILES string of the molecule is CC(C)(CCO[Si](C)(C)C(C)(C)C)COS(=O)(=O)CCOC[C@@H]1C[C@H](NC(=O)/C=C/C(=O)O)C(=O)N1C[C@@H](O)OC(C)(C)C. The normalized spacial score (nSPS) is 19.5. The molecule has 0 spiro atoms. The zero-order valence-corrected chi connectivity index (χ0v) is 29.8. The van der Waals surface area contributed by atoms with E-state index in [1.54, 1.807) is 20.8 Å². The van der Waals surface area contributed by atoms with Gasteiger partial charge in [0.25, 0.3) is 10.1 Å². The van der Waals surface area contributed by atoms with Crippen molar-refractivity contribution in [3.8, 4) is 0 Å². The Kier molecular flexibility index (Phi) is 14.7. The number of ether oxygens (including phenoxy) is 2. The fourth-order valence-corrected chi connectivity index (χ4v) is 5.92. The molecule has 1 heterocycles. The summed E-state index contributed by atoms with van der Waals surface area (Å²) in [6.45, 7) is 19.9. The smallest absolute Gasteiger partial charge is 0.328 e. The second-order valence-electron chi connectivity index (χ2n) is 14.4. The van der Waals surface area contributed by atoms with Crippen molar-refractivity contribution in [1.29, 1.82) is 0 Å². The van der Waals surface area contributed by atoms with Gasteiger partial charge in [-0.05, 0) is 57.2 Å². The number of carboxylic acids is 1. The van der Waals surface area contributed by atoms with Crippen LogP contribution >= 0.6 is 0 Å². The van der Waals surface area contributed by atoms with Crippen molar-refractivity contribution in [2.75, 3.05) is 38.7 Å². The van der Waals surface area contributed by atoms with Crippen LogP contribution in [0.3, 0.4) is 0 Å². The first-order valence-corrected chi connectivity index (χ1v) is 19.3. The molecule has 15 heteroatoms. The standard InChI is InChI=1S/C29H54N2O11SSi/c1-27(2,3)42-25(35)18-31-21(17-22(26(31)36)30-23(32)11-12-24(33)34)19-39-15-16-43(37,38)40-20-29(7,8)13-14-41-44(9,10)28(4,5)6/h11-12,21-22,25,35H,13-20H2,1-10H3,(H,30,32)(H,33,34)/b12-11+/t21-,22-,25-/m0/s1. The molecule has 0 aromatic heterocycles. The Labute approximate surface area is 263 Å². The van der Waals surface area contributed by atoms with Crippen LogP contribution in [0, 0.1) is 5.41 Å². The van der Waals surface area contributed by atoms with E-state index in [9.17, 15) is 27.9 Å². The molecule has 1 rings (SSSR count). The third-order valence-electron chi connectivity index (χ3n) is 7.53. The zero-order chi connectivity index (χ0) is 34.1. The number of amides is 2. The van der Waals surface area contributed by atoms with E-state index in [-0.39, 0.29) is 37.8 Å². The van der Waals surface area contributed by atoms with E-state index >= 15 is 0 Å². The average molecular weight is 667 g/mol. The number of hydrogen-bond donors (Lipinski definition) is 3. The quantitative estimate of drug-likeness (QED) is 0.0644. The Morgan fingerprint density at radius 1 is 1.09 bits per heavy atom. The van der Waals surface area contributed by atoms with Crippen LogP contribution in [0.15, 0.2) is 12.2 Å². The predicted octanol–water partition coefficient (Wildman–Crippen LogP) is 2.65. The molecule has 3 N–H and O–H groups in total. The Bertz CT molecular complexity index is 1110. The molecule has 13 nitrogen and oxygen atoms in total. The van der Waals surface area contributed by atoms with Gasteiger partial charge in [0.15, 0.2) is 14.6 Å². The van der Waals surface area contributed by atoms with Crippen LogP contribution in [-0.4, -0.2) is 112 Å². The molecule has 0 unspecified atom stereocenters. The van der Waals surface area contributed by atoms with E-state index in [4.69, 9.17) is 23.2 Å². The maximum Gasteiger partial charge on any atom is 0.328 e. The van der Waals surface area contributed by atoms with Crippen molar-refractivity contribution >= 4 is 36.2 Å². The van der Waals surface area contributed by atoms with Crippen molar-refractivity contribution in [2.24, 2.45) is 5.41 Å². The number of carboxylic acid groups (broad SMARTS) is 1. The topological polar surface area (TPSA) is 178 Å². The molecule has 0 radical (unpaired) electrons. The molecular weight excluding hydrogens is 612 g/mol. The minimum atomic E-state index is -3.90. The van der Waals surface area contributed by atoms with Gasteiger partial charge in [0.05, 0.1) is 43.8 Å². The van der Waals surface area contributed by atoms with Crippen molar-refractivity contribution in [3.05, 3.63) is 12.2 Å². The van der Waals surface area contributed by atoms with E-state index in [0.29, 0.717) is 19.1 Å². The lowest BCUT2D eigenvalue weighted by atomic mass is 9.91. The summed E-state index contributed by atoms with van der Waals surface area (Å²) < 4.78 is 47.8. The van der Waals surface area contributed by atoms with E-state index < -0.39 is 71.4 Å². The first kappa shape index (κ1) is 40.1. The Morgan fingerprint density at radius 2 is 1.70 bits per heavy atom. The molecule has 0 bridgehead atoms. The molecule has 0 aliphatic carbocycles. The molecule has 0 aromatic carbocycles. The number of aliphatic hydroxyl groups is 1. The van der Waals surface area contributed by atoms with Gasteiger partial charge in [0.2, 0.25) is 11.8 Å². The van der Waals surface area contributed by atoms with Crippen LogP contribution in [0.25, 0.3) is 0 Å². The number of carbonyl (C=O) groups is 3. The largest absolute Gasteiger partial charge is 0.478 e. The lowest BCUT2D eigenvalue weighted by molar-refractivity contribution is -0.179. The predicted molar refractivity (Wildman–Crippen MR) is 168 cm³/mol. The third-order valence-corrected chi connectivity index (χ3v) is 13.2. The van der Waals surface area contributed by atoms with Gasteiger partial charge in [-0.1, -0.05) is 34.6 Å². The molecule has 0 saturated carbocycles. The summed E-state index contributed by atoms with van der Waals surface area (Å²) in [6.07, 6.45) is 0.857. The molecule has 3 atom stereocenters. The summed E-state index contributed by atoms with van der Waals surface area (Å²) in [6, 6.07) is -1.61. The van der Waals surface area contributed by atoms with E-state index in [1.807, 2.05) is 13.8 Å². The molecule has 44 heavy (non-hydrogen) atoms. The highest BCUT2D eigenvalue weighted by atomic mass is 32.2. The zero-order valence-electron chi connectivity index (χ0n) is 28.0. The molecule has 256 valence electrons. The monoisotopic (exact) mass is 666 g/mol. The highest BCUT2D eigenvalue weighted by Gasteiger charge is 2.41. The molecule has 2 amide bonds. The third kappa shape index (κ3) is 14.9. The summed E-state index contributed by atoms with van der Waals surface area (Å²) in [5.41, 5.74) is -1.12. The van der Waals surface area contributed by atoms with Crippen molar-refractivity contribution in [1.82, 2.24) is 10.2 Å². The molecule has 1 aliphatic rings. The van der Waals surface area contributed by atoms with Gasteiger partial charge in [-0.25, -0.2) is 4.79 Å². The summed E-state index contributed by atoms with van der Waals surface area (Å²) >= 11 is 0. The second kappa shape index (κ2) is 16.1. The van der Waals surface area contributed by atoms with Gasteiger partial charge >= 0.3 is 5.97 Å².